The van der Waals surface area contributed by atoms with E-state index >= 15 is 0 Å². The van der Waals surface area contributed by atoms with Crippen LogP contribution in [0.1, 0.15) is 27.0 Å². The van der Waals surface area contributed by atoms with E-state index < -0.39 is 5.97 Å². The average molecular weight is 280 g/mol. The molecule has 0 aromatic heterocycles. The van der Waals surface area contributed by atoms with E-state index in [1.807, 2.05) is 37.3 Å². The van der Waals surface area contributed by atoms with Gasteiger partial charge in [0.25, 0.3) is 0 Å². The molecule has 0 unspecified atom stereocenters. The quantitative estimate of drug-likeness (QED) is 0.882. The molecule has 2 aromatic rings. The first kappa shape index (κ1) is 14.6. The van der Waals surface area contributed by atoms with Gasteiger partial charge < -0.3 is 10.4 Å². The Kier molecular flexibility index (Phi) is 4.57. The number of hydrogen-bond donors (Lipinski definition) is 2. The molecule has 0 amide bonds. The largest absolute Gasteiger partial charge is 0.478 e. The maximum Gasteiger partial charge on any atom is 0.335 e. The van der Waals surface area contributed by atoms with E-state index in [0.717, 1.165) is 23.2 Å². The van der Waals surface area contributed by atoms with Gasteiger partial charge in [0.15, 0.2) is 0 Å². The van der Waals surface area contributed by atoms with Crippen molar-refractivity contribution in [1.82, 2.24) is 0 Å². The molecule has 4 heteroatoms. The number of rotatable bonds is 5. The van der Waals surface area contributed by atoms with E-state index in [1.54, 1.807) is 12.1 Å². The second-order valence-corrected chi connectivity index (χ2v) is 4.84. The van der Waals surface area contributed by atoms with Gasteiger partial charge in [-0.1, -0.05) is 18.2 Å². The van der Waals surface area contributed by atoms with Crippen LogP contribution in [0.5, 0.6) is 0 Å². The summed E-state index contributed by atoms with van der Waals surface area (Å²) in [5, 5.41) is 21.2. The van der Waals surface area contributed by atoms with E-state index in [-0.39, 0.29) is 5.56 Å². The van der Waals surface area contributed by atoms with Gasteiger partial charge in [0.1, 0.15) is 6.07 Å². The predicted molar refractivity (Wildman–Crippen MR) is 81.5 cm³/mol. The van der Waals surface area contributed by atoms with Crippen molar-refractivity contribution in [1.29, 1.82) is 5.26 Å². The average Bonchev–Trinajstić information content (AvgIpc) is 2.49. The lowest BCUT2D eigenvalue weighted by molar-refractivity contribution is 0.0697. The highest BCUT2D eigenvalue weighted by molar-refractivity contribution is 5.87. The summed E-state index contributed by atoms with van der Waals surface area (Å²) >= 11 is 0. The van der Waals surface area contributed by atoms with Crippen molar-refractivity contribution in [3.8, 4) is 6.07 Å². The van der Waals surface area contributed by atoms with Gasteiger partial charge in [-0.2, -0.15) is 5.26 Å². The normalized spacial score (nSPS) is 9.90. The van der Waals surface area contributed by atoms with E-state index in [0.29, 0.717) is 12.1 Å². The lowest BCUT2D eigenvalue weighted by Crippen LogP contribution is -2.06. The van der Waals surface area contributed by atoms with E-state index in [9.17, 15) is 4.79 Å². The fourth-order valence-electron chi connectivity index (χ4n) is 2.06. The second-order valence-electron chi connectivity index (χ2n) is 4.84. The minimum atomic E-state index is -0.919. The van der Waals surface area contributed by atoms with Crippen molar-refractivity contribution in [3.05, 3.63) is 64.7 Å². The summed E-state index contributed by atoms with van der Waals surface area (Å²) in [7, 11) is 0. The van der Waals surface area contributed by atoms with Crippen LogP contribution in [0.3, 0.4) is 0 Å². The number of hydrogen-bond acceptors (Lipinski definition) is 3. The van der Waals surface area contributed by atoms with Crippen LogP contribution in [-0.2, 0) is 6.42 Å². The van der Waals surface area contributed by atoms with Crippen molar-refractivity contribution < 1.29 is 9.90 Å². The number of nitrogens with zero attached hydrogens (tertiary/aromatic N) is 1. The highest BCUT2D eigenvalue weighted by atomic mass is 16.4. The Labute approximate surface area is 123 Å². The van der Waals surface area contributed by atoms with E-state index in [4.69, 9.17) is 10.4 Å². The zero-order valence-corrected chi connectivity index (χ0v) is 11.8. The molecule has 2 aromatic carbocycles. The maximum atomic E-state index is 10.8. The minimum absolute atomic E-state index is 0.289. The summed E-state index contributed by atoms with van der Waals surface area (Å²) in [6.45, 7) is 2.64. The Morgan fingerprint density at radius 2 is 1.95 bits per heavy atom. The van der Waals surface area contributed by atoms with Crippen LogP contribution in [0.2, 0.25) is 0 Å². The molecular formula is C17H16N2O2. The Balaban J connectivity index is 1.95. The van der Waals surface area contributed by atoms with Gasteiger partial charge in [-0.05, 0) is 48.7 Å². The Morgan fingerprint density at radius 3 is 2.57 bits per heavy atom. The summed E-state index contributed by atoms with van der Waals surface area (Å²) in [6.07, 6.45) is 0.763. The smallest absolute Gasteiger partial charge is 0.335 e. The van der Waals surface area contributed by atoms with Gasteiger partial charge in [-0.15, -0.1) is 0 Å². The Morgan fingerprint density at radius 1 is 1.24 bits per heavy atom. The van der Waals surface area contributed by atoms with Gasteiger partial charge in [-0.3, -0.25) is 0 Å². The lowest BCUT2D eigenvalue weighted by Gasteiger charge is -2.09. The van der Waals surface area contributed by atoms with Crippen LogP contribution in [0.15, 0.2) is 42.5 Å². The number of carboxylic acids is 1. The molecule has 0 radical (unpaired) electrons. The van der Waals surface area contributed by atoms with Gasteiger partial charge >= 0.3 is 5.97 Å². The van der Waals surface area contributed by atoms with Gasteiger partial charge in [0.2, 0.25) is 0 Å². The molecule has 4 nitrogen and oxygen atoms in total. The van der Waals surface area contributed by atoms with Crippen molar-refractivity contribution in [2.45, 2.75) is 13.3 Å². The minimum Gasteiger partial charge on any atom is -0.478 e. The van der Waals surface area contributed by atoms with Gasteiger partial charge in [0.05, 0.1) is 16.8 Å². The summed E-state index contributed by atoms with van der Waals surface area (Å²) in [4.78, 5) is 10.8. The molecule has 0 heterocycles. The molecule has 0 saturated heterocycles. The van der Waals surface area contributed by atoms with Crippen molar-refractivity contribution in [3.63, 3.8) is 0 Å². The maximum absolute atomic E-state index is 10.8. The van der Waals surface area contributed by atoms with Crippen molar-refractivity contribution in [2.24, 2.45) is 0 Å². The number of nitriles is 1. The first-order chi connectivity index (χ1) is 10.1. The Hall–Kier alpha value is -2.80. The number of nitrogens with one attached hydrogen (secondary N) is 1. The van der Waals surface area contributed by atoms with Crippen LogP contribution in [0.4, 0.5) is 5.69 Å². The summed E-state index contributed by atoms with van der Waals surface area (Å²) in [5.41, 5.74) is 3.86. The lowest BCUT2D eigenvalue weighted by atomic mass is 10.1. The number of benzene rings is 2. The first-order valence-electron chi connectivity index (χ1n) is 6.67. The zero-order chi connectivity index (χ0) is 15.2. The molecule has 0 spiro atoms. The molecule has 2 rings (SSSR count). The highest BCUT2D eigenvalue weighted by Crippen LogP contribution is 2.16. The molecule has 0 aliphatic heterocycles. The molecule has 21 heavy (non-hydrogen) atoms. The van der Waals surface area contributed by atoms with E-state index in [2.05, 4.69) is 11.4 Å². The highest BCUT2D eigenvalue weighted by Gasteiger charge is 2.03. The van der Waals surface area contributed by atoms with Crippen LogP contribution in [0, 0.1) is 18.3 Å². The van der Waals surface area contributed by atoms with Crippen LogP contribution >= 0.6 is 0 Å². The zero-order valence-electron chi connectivity index (χ0n) is 11.8. The third-order valence-electron chi connectivity index (χ3n) is 3.23. The fraction of sp³-hybridized carbons (Fsp3) is 0.176. The number of aryl methyl sites for hydroxylation is 1. The predicted octanol–water partition coefficient (Wildman–Crippen LogP) is 3.22. The topological polar surface area (TPSA) is 73.1 Å². The monoisotopic (exact) mass is 280 g/mol. The Bertz CT molecular complexity index is 685. The number of aromatic carboxylic acids is 1. The number of anilines is 1. The molecule has 0 saturated carbocycles. The second kappa shape index (κ2) is 6.58. The number of carbonyl (C=O) groups is 1. The van der Waals surface area contributed by atoms with Crippen LogP contribution in [0.25, 0.3) is 0 Å². The standard InChI is InChI=1S/C17H16N2O2/c1-12-2-7-16(15(10-12)11-18)19-9-8-13-3-5-14(6-4-13)17(20)21/h2-7,10,19H,8-9H2,1H3,(H,20,21). The third-order valence-corrected chi connectivity index (χ3v) is 3.23. The summed E-state index contributed by atoms with van der Waals surface area (Å²) < 4.78 is 0. The molecule has 0 aliphatic rings. The molecule has 106 valence electrons. The third kappa shape index (κ3) is 3.83. The molecular weight excluding hydrogens is 264 g/mol. The van der Waals surface area contributed by atoms with Crippen LogP contribution in [-0.4, -0.2) is 17.6 Å². The summed E-state index contributed by atoms with van der Waals surface area (Å²) in [6, 6.07) is 14.7. The molecule has 2 N–H and O–H groups in total. The van der Waals surface area contributed by atoms with Crippen molar-refractivity contribution in [2.75, 3.05) is 11.9 Å². The summed E-state index contributed by atoms with van der Waals surface area (Å²) in [5.74, 6) is -0.919. The SMILES string of the molecule is Cc1ccc(NCCc2ccc(C(=O)O)cc2)c(C#N)c1. The molecule has 0 atom stereocenters. The van der Waals surface area contributed by atoms with Crippen LogP contribution < -0.4 is 5.32 Å². The molecule has 0 fully saturated rings. The fourth-order valence-corrected chi connectivity index (χ4v) is 2.06. The van der Waals surface area contributed by atoms with E-state index in [1.165, 1.54) is 0 Å². The van der Waals surface area contributed by atoms with Crippen molar-refractivity contribution >= 4 is 11.7 Å². The van der Waals surface area contributed by atoms with Gasteiger partial charge in [0, 0.05) is 6.54 Å². The number of carboxylic acid groups (broad SMARTS) is 1. The molecule has 0 bridgehead atoms. The first-order valence-corrected chi connectivity index (χ1v) is 6.67. The molecule has 0 aliphatic carbocycles. The van der Waals surface area contributed by atoms with Gasteiger partial charge in [-0.25, -0.2) is 4.79 Å².